The van der Waals surface area contributed by atoms with Gasteiger partial charge in [-0.15, -0.1) is 11.3 Å². The van der Waals surface area contributed by atoms with E-state index in [9.17, 15) is 9.18 Å². The molecule has 0 fully saturated rings. The van der Waals surface area contributed by atoms with Gasteiger partial charge in [-0.1, -0.05) is 17.4 Å². The van der Waals surface area contributed by atoms with Crippen molar-refractivity contribution in [3.63, 3.8) is 0 Å². The first kappa shape index (κ1) is 17.0. The fraction of sp³-hybridized carbons (Fsp3) is 0.294. The third kappa shape index (κ3) is 3.98. The van der Waals surface area contributed by atoms with E-state index in [1.165, 1.54) is 23.5 Å². The van der Waals surface area contributed by atoms with Gasteiger partial charge < -0.3 is 4.90 Å². The molecule has 3 rings (SSSR count). The first-order chi connectivity index (χ1) is 11.5. The van der Waals surface area contributed by atoms with Gasteiger partial charge in [-0.25, -0.2) is 9.37 Å². The van der Waals surface area contributed by atoms with Gasteiger partial charge in [0.2, 0.25) is 5.91 Å². The molecule has 1 amide bonds. The fourth-order valence-electron chi connectivity index (χ4n) is 2.29. The zero-order chi connectivity index (χ0) is 17.1. The molecule has 24 heavy (non-hydrogen) atoms. The first-order valence-corrected chi connectivity index (χ1v) is 9.26. The molecule has 7 heteroatoms. The Labute approximate surface area is 148 Å². The van der Waals surface area contributed by atoms with Crippen molar-refractivity contribution in [3.8, 4) is 0 Å². The van der Waals surface area contributed by atoms with Crippen molar-refractivity contribution in [2.45, 2.75) is 6.42 Å². The number of fused-ring (bicyclic) bond motifs is 1. The molecule has 4 nitrogen and oxygen atoms in total. The van der Waals surface area contributed by atoms with Gasteiger partial charge in [-0.2, -0.15) is 0 Å². The Morgan fingerprint density at radius 2 is 2.08 bits per heavy atom. The molecule has 126 valence electrons. The summed E-state index contributed by atoms with van der Waals surface area (Å²) in [5, 5.41) is 2.59. The molecular formula is C17H18FN3OS2. The molecule has 0 radical (unpaired) electrons. The number of hydrogen-bond donors (Lipinski definition) is 0. The Kier molecular flexibility index (Phi) is 5.23. The Hall–Kier alpha value is -1.83. The first-order valence-electron chi connectivity index (χ1n) is 7.56. The van der Waals surface area contributed by atoms with Crippen LogP contribution in [0, 0.1) is 5.82 Å². The van der Waals surface area contributed by atoms with E-state index in [4.69, 9.17) is 0 Å². The van der Waals surface area contributed by atoms with E-state index in [0.29, 0.717) is 18.1 Å². The van der Waals surface area contributed by atoms with Gasteiger partial charge in [-0.05, 0) is 43.7 Å². The van der Waals surface area contributed by atoms with Crippen LogP contribution in [0.2, 0.25) is 0 Å². The maximum absolute atomic E-state index is 13.4. The molecule has 0 saturated carbocycles. The number of amides is 1. The molecule has 0 N–H and O–H groups in total. The quantitative estimate of drug-likeness (QED) is 0.671. The minimum Gasteiger partial charge on any atom is -0.308 e. The molecule has 0 unspecified atom stereocenters. The summed E-state index contributed by atoms with van der Waals surface area (Å²) in [6.07, 6.45) is 0.357. The van der Waals surface area contributed by atoms with E-state index in [2.05, 4.69) is 4.98 Å². The van der Waals surface area contributed by atoms with Gasteiger partial charge in [0.15, 0.2) is 5.13 Å². The molecular weight excluding hydrogens is 345 g/mol. The summed E-state index contributed by atoms with van der Waals surface area (Å²) in [5.74, 6) is -0.277. The number of hydrogen-bond acceptors (Lipinski definition) is 5. The average molecular weight is 363 g/mol. The normalized spacial score (nSPS) is 11.3. The predicted octanol–water partition coefficient (Wildman–Crippen LogP) is 3.63. The molecule has 1 aromatic carbocycles. The Balaban J connectivity index is 1.88. The third-order valence-electron chi connectivity index (χ3n) is 3.55. The van der Waals surface area contributed by atoms with E-state index < -0.39 is 0 Å². The van der Waals surface area contributed by atoms with Gasteiger partial charge in [0.25, 0.3) is 0 Å². The summed E-state index contributed by atoms with van der Waals surface area (Å²) < 4.78 is 14.2. The lowest BCUT2D eigenvalue weighted by atomic mass is 10.3. The average Bonchev–Trinajstić information content (AvgIpc) is 3.16. The minimum atomic E-state index is -0.289. The summed E-state index contributed by atoms with van der Waals surface area (Å²) in [7, 11) is 3.94. The van der Waals surface area contributed by atoms with Crippen molar-refractivity contribution in [2.24, 2.45) is 0 Å². The van der Waals surface area contributed by atoms with Crippen molar-refractivity contribution >= 4 is 43.9 Å². The highest BCUT2D eigenvalue weighted by Crippen LogP contribution is 2.30. The number of rotatable bonds is 6. The number of nitrogens with zero attached hydrogens (tertiary/aromatic N) is 3. The van der Waals surface area contributed by atoms with Gasteiger partial charge in [0.1, 0.15) is 5.82 Å². The largest absolute Gasteiger partial charge is 0.308 e. The Bertz CT molecular complexity index is 830. The van der Waals surface area contributed by atoms with Crippen molar-refractivity contribution in [1.82, 2.24) is 9.88 Å². The number of benzene rings is 1. The standard InChI is InChI=1S/C17H18FN3OS2/c1-20(2)7-8-21(16(22)11-13-4-3-9-23-13)17-19-14-6-5-12(18)10-15(14)24-17/h3-6,9-10H,7-8,11H2,1-2H3. The van der Waals surface area contributed by atoms with Crippen LogP contribution in [0.3, 0.4) is 0 Å². The molecule has 0 saturated heterocycles. The highest BCUT2D eigenvalue weighted by Gasteiger charge is 2.20. The van der Waals surface area contributed by atoms with Crippen LogP contribution in [-0.2, 0) is 11.2 Å². The van der Waals surface area contributed by atoms with E-state index in [1.54, 1.807) is 22.3 Å². The second-order valence-electron chi connectivity index (χ2n) is 5.71. The second kappa shape index (κ2) is 7.38. The SMILES string of the molecule is CN(C)CCN(C(=O)Cc1cccs1)c1nc2ccc(F)cc2s1. The fourth-order valence-corrected chi connectivity index (χ4v) is 4.02. The van der Waals surface area contributed by atoms with Crippen molar-refractivity contribution in [3.05, 3.63) is 46.4 Å². The van der Waals surface area contributed by atoms with Crippen molar-refractivity contribution in [2.75, 3.05) is 32.1 Å². The molecule has 2 heterocycles. The van der Waals surface area contributed by atoms with Gasteiger partial charge in [-0.3, -0.25) is 9.69 Å². The summed E-state index contributed by atoms with van der Waals surface area (Å²) in [6, 6.07) is 8.41. The van der Waals surface area contributed by atoms with Crippen LogP contribution < -0.4 is 4.90 Å². The number of carbonyl (C=O) groups is 1. The molecule has 0 aliphatic rings. The van der Waals surface area contributed by atoms with Crippen molar-refractivity contribution < 1.29 is 9.18 Å². The summed E-state index contributed by atoms with van der Waals surface area (Å²) in [4.78, 5) is 22.1. The van der Waals surface area contributed by atoms with Gasteiger partial charge >= 0.3 is 0 Å². The molecule has 0 atom stereocenters. The minimum absolute atomic E-state index is 0.0128. The molecule has 0 aliphatic heterocycles. The maximum atomic E-state index is 13.4. The maximum Gasteiger partial charge on any atom is 0.234 e. The summed E-state index contributed by atoms with van der Waals surface area (Å²) in [6.45, 7) is 1.29. The lowest BCUT2D eigenvalue weighted by Crippen LogP contribution is -2.37. The molecule has 0 aliphatic carbocycles. The second-order valence-corrected chi connectivity index (χ2v) is 7.75. The number of likely N-dealkylation sites (N-methyl/N-ethyl adjacent to an activating group) is 1. The van der Waals surface area contributed by atoms with Crippen LogP contribution in [0.15, 0.2) is 35.7 Å². The molecule has 0 spiro atoms. The highest BCUT2D eigenvalue weighted by atomic mass is 32.1. The molecule has 3 aromatic rings. The summed E-state index contributed by atoms with van der Waals surface area (Å²) in [5.41, 5.74) is 0.718. The van der Waals surface area contributed by atoms with E-state index >= 15 is 0 Å². The Morgan fingerprint density at radius 1 is 1.25 bits per heavy atom. The van der Waals surface area contributed by atoms with Crippen molar-refractivity contribution in [1.29, 1.82) is 0 Å². The third-order valence-corrected chi connectivity index (χ3v) is 5.47. The van der Waals surface area contributed by atoms with E-state index in [0.717, 1.165) is 21.6 Å². The number of aromatic nitrogens is 1. The van der Waals surface area contributed by atoms with Gasteiger partial charge in [0.05, 0.1) is 16.6 Å². The van der Waals surface area contributed by atoms with Crippen LogP contribution in [-0.4, -0.2) is 43.0 Å². The van der Waals surface area contributed by atoms with Crippen LogP contribution in [0.4, 0.5) is 9.52 Å². The lowest BCUT2D eigenvalue weighted by Gasteiger charge is -2.21. The zero-order valence-electron chi connectivity index (χ0n) is 13.5. The molecule has 0 bridgehead atoms. The number of halogens is 1. The predicted molar refractivity (Wildman–Crippen MR) is 98.5 cm³/mol. The van der Waals surface area contributed by atoms with Crippen LogP contribution in [0.5, 0.6) is 0 Å². The highest BCUT2D eigenvalue weighted by molar-refractivity contribution is 7.22. The number of thiophene rings is 1. The smallest absolute Gasteiger partial charge is 0.234 e. The van der Waals surface area contributed by atoms with Crippen LogP contribution in [0.1, 0.15) is 4.88 Å². The monoisotopic (exact) mass is 363 g/mol. The number of carbonyl (C=O) groups excluding carboxylic acids is 1. The number of anilines is 1. The summed E-state index contributed by atoms with van der Waals surface area (Å²) >= 11 is 2.92. The van der Waals surface area contributed by atoms with Crippen LogP contribution >= 0.6 is 22.7 Å². The van der Waals surface area contributed by atoms with Crippen LogP contribution in [0.25, 0.3) is 10.2 Å². The van der Waals surface area contributed by atoms with E-state index in [-0.39, 0.29) is 11.7 Å². The van der Waals surface area contributed by atoms with E-state index in [1.807, 2.05) is 36.5 Å². The lowest BCUT2D eigenvalue weighted by molar-refractivity contribution is -0.118. The number of thiazole rings is 1. The molecule has 2 aromatic heterocycles. The zero-order valence-corrected chi connectivity index (χ0v) is 15.2. The topological polar surface area (TPSA) is 36.4 Å². The Morgan fingerprint density at radius 3 is 2.79 bits per heavy atom. The van der Waals surface area contributed by atoms with Gasteiger partial charge in [0, 0.05) is 18.0 Å².